The van der Waals surface area contributed by atoms with Crippen LogP contribution in [0.2, 0.25) is 0 Å². The number of aryl methyl sites for hydroxylation is 1. The summed E-state index contributed by atoms with van der Waals surface area (Å²) in [6, 6.07) is 9.79. The highest BCUT2D eigenvalue weighted by atomic mass is 32.1. The van der Waals surface area contributed by atoms with Gasteiger partial charge < -0.3 is 11.1 Å². The van der Waals surface area contributed by atoms with Crippen LogP contribution in [0, 0.1) is 18.3 Å². The van der Waals surface area contributed by atoms with Crippen LogP contribution in [-0.4, -0.2) is 9.97 Å². The zero-order chi connectivity index (χ0) is 14.1. The molecule has 0 saturated heterocycles. The van der Waals surface area contributed by atoms with Gasteiger partial charge in [-0.3, -0.25) is 0 Å². The topological polar surface area (TPSA) is 87.6 Å². The van der Waals surface area contributed by atoms with E-state index in [-0.39, 0.29) is 5.95 Å². The van der Waals surface area contributed by atoms with Crippen molar-refractivity contribution in [1.29, 1.82) is 5.26 Å². The molecule has 0 amide bonds. The Bertz CT molecular complexity index is 831. The average molecular weight is 281 g/mol. The molecule has 0 aliphatic rings. The fraction of sp³-hybridized carbons (Fsp3) is 0.0714. The summed E-state index contributed by atoms with van der Waals surface area (Å²) in [6.07, 6.45) is 0. The molecule has 20 heavy (non-hydrogen) atoms. The molecule has 5 nitrogen and oxygen atoms in total. The maximum Gasteiger partial charge on any atom is 0.223 e. The van der Waals surface area contributed by atoms with Crippen molar-refractivity contribution in [2.75, 3.05) is 11.1 Å². The predicted octanol–water partition coefficient (Wildman–Crippen LogP) is 3.20. The third-order valence-corrected chi connectivity index (χ3v) is 3.79. The number of thiophene rings is 1. The Hall–Kier alpha value is -2.65. The number of nitrogens with one attached hydrogen (secondary N) is 1. The van der Waals surface area contributed by atoms with Gasteiger partial charge in [0.1, 0.15) is 16.7 Å². The van der Waals surface area contributed by atoms with Gasteiger partial charge >= 0.3 is 0 Å². The summed E-state index contributed by atoms with van der Waals surface area (Å²) in [7, 11) is 0. The number of aromatic nitrogens is 2. The molecule has 3 N–H and O–H groups in total. The van der Waals surface area contributed by atoms with Crippen molar-refractivity contribution in [3.8, 4) is 6.07 Å². The van der Waals surface area contributed by atoms with Gasteiger partial charge in [-0.05, 0) is 30.0 Å². The Balaban J connectivity index is 2.13. The molecule has 0 aliphatic heterocycles. The number of nitrogens with two attached hydrogens (primary N) is 1. The number of nitrogens with zero attached hydrogens (tertiary/aromatic N) is 3. The zero-order valence-corrected chi connectivity index (χ0v) is 11.5. The van der Waals surface area contributed by atoms with E-state index in [1.165, 1.54) is 11.3 Å². The van der Waals surface area contributed by atoms with Crippen molar-refractivity contribution in [2.24, 2.45) is 0 Å². The second-order valence-electron chi connectivity index (χ2n) is 4.30. The summed E-state index contributed by atoms with van der Waals surface area (Å²) < 4.78 is 0. The van der Waals surface area contributed by atoms with Crippen LogP contribution >= 0.6 is 11.3 Å². The Kier molecular flexibility index (Phi) is 2.97. The highest BCUT2D eigenvalue weighted by Crippen LogP contribution is 2.29. The Morgan fingerprint density at radius 2 is 2.15 bits per heavy atom. The van der Waals surface area contributed by atoms with E-state index in [0.717, 1.165) is 21.5 Å². The maximum absolute atomic E-state index is 9.26. The van der Waals surface area contributed by atoms with Gasteiger partial charge in [-0.25, -0.2) is 4.98 Å². The SMILES string of the molecule is Cc1cccc(Nc2nc(N)nc3sccc23)c1C#N. The van der Waals surface area contributed by atoms with E-state index >= 15 is 0 Å². The van der Waals surface area contributed by atoms with Gasteiger partial charge in [0.2, 0.25) is 5.95 Å². The molecule has 0 atom stereocenters. The first-order valence-electron chi connectivity index (χ1n) is 5.96. The molecule has 2 aromatic heterocycles. The lowest BCUT2D eigenvalue weighted by Gasteiger charge is -2.10. The molecule has 1 aromatic carbocycles. The lowest BCUT2D eigenvalue weighted by molar-refractivity contribution is 1.24. The molecular weight excluding hydrogens is 270 g/mol. The smallest absolute Gasteiger partial charge is 0.223 e. The van der Waals surface area contributed by atoms with Crippen molar-refractivity contribution in [1.82, 2.24) is 9.97 Å². The van der Waals surface area contributed by atoms with Gasteiger partial charge in [-0.1, -0.05) is 12.1 Å². The van der Waals surface area contributed by atoms with Crippen LogP contribution in [0.25, 0.3) is 10.2 Å². The van der Waals surface area contributed by atoms with Crippen LogP contribution in [0.1, 0.15) is 11.1 Å². The molecule has 0 unspecified atom stereocenters. The van der Waals surface area contributed by atoms with Crippen LogP contribution in [-0.2, 0) is 0 Å². The molecular formula is C14H11N5S. The van der Waals surface area contributed by atoms with E-state index in [0.29, 0.717) is 11.4 Å². The molecule has 0 spiro atoms. The zero-order valence-electron chi connectivity index (χ0n) is 10.7. The number of anilines is 3. The van der Waals surface area contributed by atoms with Crippen molar-refractivity contribution < 1.29 is 0 Å². The fourth-order valence-corrected chi connectivity index (χ4v) is 2.79. The fourth-order valence-electron chi connectivity index (χ4n) is 2.02. The number of fused-ring (bicyclic) bond motifs is 1. The van der Waals surface area contributed by atoms with Crippen LogP contribution in [0.5, 0.6) is 0 Å². The molecule has 98 valence electrons. The first kappa shape index (κ1) is 12.4. The summed E-state index contributed by atoms with van der Waals surface area (Å²) in [4.78, 5) is 9.23. The first-order chi connectivity index (χ1) is 9.69. The summed E-state index contributed by atoms with van der Waals surface area (Å²) in [5.74, 6) is 0.837. The first-order valence-corrected chi connectivity index (χ1v) is 6.84. The van der Waals surface area contributed by atoms with E-state index in [1.807, 2.05) is 36.6 Å². The number of nitriles is 1. The van der Waals surface area contributed by atoms with Gasteiger partial charge in [0, 0.05) is 0 Å². The van der Waals surface area contributed by atoms with E-state index in [4.69, 9.17) is 5.73 Å². The highest BCUT2D eigenvalue weighted by molar-refractivity contribution is 7.16. The third kappa shape index (κ3) is 2.04. The normalized spacial score (nSPS) is 10.4. The van der Waals surface area contributed by atoms with E-state index in [2.05, 4.69) is 21.4 Å². The second-order valence-corrected chi connectivity index (χ2v) is 5.20. The van der Waals surface area contributed by atoms with Gasteiger partial charge in [0.05, 0.1) is 16.6 Å². The van der Waals surface area contributed by atoms with Gasteiger partial charge in [-0.2, -0.15) is 10.2 Å². The summed E-state index contributed by atoms with van der Waals surface area (Å²) in [5.41, 5.74) is 7.96. The number of nitrogen functional groups attached to an aromatic ring is 1. The molecule has 3 rings (SSSR count). The number of rotatable bonds is 2. The van der Waals surface area contributed by atoms with Gasteiger partial charge in [-0.15, -0.1) is 11.3 Å². The van der Waals surface area contributed by atoms with Crippen molar-refractivity contribution in [3.63, 3.8) is 0 Å². The monoisotopic (exact) mass is 281 g/mol. The van der Waals surface area contributed by atoms with Crippen LogP contribution in [0.4, 0.5) is 17.5 Å². The Morgan fingerprint density at radius 1 is 1.30 bits per heavy atom. The quantitative estimate of drug-likeness (QED) is 0.753. The van der Waals surface area contributed by atoms with Crippen LogP contribution in [0.15, 0.2) is 29.6 Å². The number of benzene rings is 1. The van der Waals surface area contributed by atoms with E-state index < -0.39 is 0 Å². The van der Waals surface area contributed by atoms with Crippen molar-refractivity contribution in [3.05, 3.63) is 40.8 Å². The third-order valence-electron chi connectivity index (χ3n) is 2.98. The van der Waals surface area contributed by atoms with Gasteiger partial charge in [0.25, 0.3) is 0 Å². The molecule has 6 heteroatoms. The average Bonchev–Trinajstić information content (AvgIpc) is 2.87. The summed E-state index contributed by atoms with van der Waals surface area (Å²) in [6.45, 7) is 1.90. The second kappa shape index (κ2) is 4.79. The largest absolute Gasteiger partial charge is 0.368 e. The summed E-state index contributed by atoms with van der Waals surface area (Å²) in [5, 5.41) is 15.3. The lowest BCUT2D eigenvalue weighted by Crippen LogP contribution is -2.02. The Labute approximate surface area is 119 Å². The standard InChI is InChI=1S/C14H11N5S/c1-8-3-2-4-11(10(8)7-15)17-12-9-5-6-20-13(9)19-14(16)18-12/h2-6H,1H3,(H3,16,17,18,19). The minimum atomic E-state index is 0.216. The maximum atomic E-state index is 9.26. The molecule has 0 bridgehead atoms. The van der Waals surface area contributed by atoms with Crippen molar-refractivity contribution in [2.45, 2.75) is 6.92 Å². The number of hydrogen-bond acceptors (Lipinski definition) is 6. The van der Waals surface area contributed by atoms with Gasteiger partial charge in [0.15, 0.2) is 0 Å². The molecule has 0 radical (unpaired) electrons. The molecule has 3 aromatic rings. The minimum Gasteiger partial charge on any atom is -0.368 e. The molecule has 2 heterocycles. The van der Waals surface area contributed by atoms with E-state index in [1.54, 1.807) is 0 Å². The van der Waals surface area contributed by atoms with E-state index in [9.17, 15) is 5.26 Å². The van der Waals surface area contributed by atoms with Crippen LogP contribution < -0.4 is 11.1 Å². The molecule has 0 fully saturated rings. The number of hydrogen-bond donors (Lipinski definition) is 2. The van der Waals surface area contributed by atoms with Crippen LogP contribution in [0.3, 0.4) is 0 Å². The highest BCUT2D eigenvalue weighted by Gasteiger charge is 2.10. The molecule has 0 aliphatic carbocycles. The lowest BCUT2D eigenvalue weighted by atomic mass is 10.1. The van der Waals surface area contributed by atoms with Crippen molar-refractivity contribution >= 4 is 39.0 Å². The Morgan fingerprint density at radius 3 is 2.95 bits per heavy atom. The minimum absolute atomic E-state index is 0.216. The predicted molar refractivity (Wildman–Crippen MR) is 81.0 cm³/mol. The molecule has 0 saturated carbocycles. The summed E-state index contributed by atoms with van der Waals surface area (Å²) >= 11 is 1.50.